The Morgan fingerprint density at radius 3 is 1.91 bits per heavy atom. The number of rotatable bonds is 4. The summed E-state index contributed by atoms with van der Waals surface area (Å²) in [5.41, 5.74) is 0. The minimum Gasteiger partial charge on any atom is -0.328 e. The average Bonchev–Trinajstić information content (AvgIpc) is 1.59. The molecule has 0 bridgehead atoms. The van der Waals surface area contributed by atoms with Crippen LogP contribution in [0.5, 0.6) is 0 Å². The van der Waals surface area contributed by atoms with Crippen molar-refractivity contribution < 1.29 is 18.9 Å². The molecule has 0 aliphatic carbocycles. The van der Waals surface area contributed by atoms with Crippen molar-refractivity contribution in [2.45, 2.75) is 46.3 Å². The Hall–Kier alpha value is 0.814. The predicted octanol–water partition coefficient (Wildman–Crippen LogP) is 0.508. The molecule has 0 N–H and O–H groups in total. The van der Waals surface area contributed by atoms with Crippen LogP contribution in [0.1, 0.15) is 26.7 Å². The molecule has 0 rings (SSSR count). The third-order valence-corrected chi connectivity index (χ3v) is 3.01. The van der Waals surface area contributed by atoms with E-state index in [4.69, 9.17) is 0 Å². The van der Waals surface area contributed by atoms with E-state index < -0.39 is 8.07 Å². The van der Waals surface area contributed by atoms with Crippen LogP contribution >= 0.6 is 0 Å². The van der Waals surface area contributed by atoms with Crippen molar-refractivity contribution in [2.75, 3.05) is 0 Å². The average molecular weight is 164 g/mol. The van der Waals surface area contributed by atoms with Gasteiger partial charge in [-0.05, 0) is 5.92 Å². The Labute approximate surface area is 85.3 Å². The second-order valence-electron chi connectivity index (χ2n) is 4.54. The van der Waals surface area contributed by atoms with Gasteiger partial charge in [-0.15, -0.1) is 8.07 Å². The molecule has 0 saturated heterocycles. The first-order valence-corrected chi connectivity index (χ1v) is 7.84. The van der Waals surface area contributed by atoms with Gasteiger partial charge in [-0.25, -0.2) is 0 Å². The summed E-state index contributed by atoms with van der Waals surface area (Å²) >= 11 is 0. The molecule has 0 aromatic carbocycles. The molecule has 2 heteroatoms. The Balaban J connectivity index is 0. The third-order valence-electron chi connectivity index (χ3n) is 1.50. The van der Waals surface area contributed by atoms with Gasteiger partial charge in [-0.1, -0.05) is 39.9 Å². The molecule has 0 aromatic heterocycles. The minimum atomic E-state index is -0.849. The van der Waals surface area contributed by atoms with Gasteiger partial charge in [-0.2, -0.15) is 6.42 Å². The van der Waals surface area contributed by atoms with Gasteiger partial charge in [0.2, 0.25) is 0 Å². The van der Waals surface area contributed by atoms with Crippen LogP contribution in [0, 0.1) is 12.0 Å². The van der Waals surface area contributed by atoms with Crippen molar-refractivity contribution in [3.63, 3.8) is 0 Å². The molecule has 11 heavy (non-hydrogen) atoms. The molecule has 0 atom stereocenters. The quantitative estimate of drug-likeness (QED) is 0.419. The molecule has 62 valence electrons. The SMILES string of the molecule is CC(C)CC[CH-][Si](C)(C)C.[Li+]. The summed E-state index contributed by atoms with van der Waals surface area (Å²) in [6.45, 7) is 11.8. The Kier molecular flexibility index (Phi) is 8.27. The Bertz CT molecular complexity index is 84.1. The molecule has 0 aromatic rings. The summed E-state index contributed by atoms with van der Waals surface area (Å²) in [7, 11) is -0.849. The maximum absolute atomic E-state index is 2.55. The maximum atomic E-state index is 2.55. The minimum absolute atomic E-state index is 0. The molecule has 0 amide bonds. The van der Waals surface area contributed by atoms with Gasteiger partial charge in [0, 0.05) is 0 Å². The van der Waals surface area contributed by atoms with Crippen LogP contribution in [0.4, 0.5) is 0 Å². The van der Waals surface area contributed by atoms with Gasteiger partial charge in [0.05, 0.1) is 0 Å². The van der Waals surface area contributed by atoms with Crippen LogP contribution in [0.3, 0.4) is 0 Å². The fourth-order valence-corrected chi connectivity index (χ4v) is 1.88. The summed E-state index contributed by atoms with van der Waals surface area (Å²) in [5, 5.41) is 0. The summed E-state index contributed by atoms with van der Waals surface area (Å²) in [5.74, 6) is 0.868. The van der Waals surface area contributed by atoms with Crippen LogP contribution < -0.4 is 18.9 Å². The van der Waals surface area contributed by atoms with E-state index in [0.29, 0.717) is 0 Å². The van der Waals surface area contributed by atoms with Crippen molar-refractivity contribution in [3.8, 4) is 0 Å². The smallest absolute Gasteiger partial charge is 0.328 e. The first-order chi connectivity index (χ1) is 4.42. The van der Waals surface area contributed by atoms with Crippen LogP contribution in [0.2, 0.25) is 19.6 Å². The zero-order chi connectivity index (χ0) is 8.20. The van der Waals surface area contributed by atoms with E-state index in [2.05, 4.69) is 39.5 Å². The molecule has 0 spiro atoms. The second kappa shape index (κ2) is 6.34. The zero-order valence-corrected chi connectivity index (χ0v) is 10.1. The summed E-state index contributed by atoms with van der Waals surface area (Å²) in [4.78, 5) is 0. The molecule has 0 aliphatic rings. The molecule has 0 saturated carbocycles. The van der Waals surface area contributed by atoms with Gasteiger partial charge in [0.1, 0.15) is 0 Å². The van der Waals surface area contributed by atoms with Gasteiger partial charge >= 0.3 is 18.9 Å². The number of hydrogen-bond acceptors (Lipinski definition) is 0. The maximum Gasteiger partial charge on any atom is 1.00 e. The second-order valence-corrected chi connectivity index (χ2v) is 9.68. The zero-order valence-electron chi connectivity index (χ0n) is 9.07. The Morgan fingerprint density at radius 2 is 1.64 bits per heavy atom. The molecular weight excluding hydrogens is 143 g/mol. The van der Waals surface area contributed by atoms with Gasteiger partial charge in [-0.3, -0.25) is 0 Å². The van der Waals surface area contributed by atoms with Crippen LogP contribution in [-0.4, -0.2) is 8.07 Å². The van der Waals surface area contributed by atoms with Crippen molar-refractivity contribution in [1.82, 2.24) is 0 Å². The summed E-state index contributed by atoms with van der Waals surface area (Å²) in [6, 6.07) is 2.55. The van der Waals surface area contributed by atoms with Crippen LogP contribution in [0.25, 0.3) is 0 Å². The molecule has 0 aliphatic heterocycles. The van der Waals surface area contributed by atoms with E-state index in [1.54, 1.807) is 0 Å². The van der Waals surface area contributed by atoms with Crippen LogP contribution in [0.15, 0.2) is 0 Å². The molecule has 0 heterocycles. The monoisotopic (exact) mass is 164 g/mol. The van der Waals surface area contributed by atoms with Gasteiger partial charge in [0.15, 0.2) is 0 Å². The first-order valence-electron chi connectivity index (χ1n) is 4.26. The fourth-order valence-electron chi connectivity index (χ4n) is 0.850. The summed E-state index contributed by atoms with van der Waals surface area (Å²) < 4.78 is 0. The topological polar surface area (TPSA) is 0 Å². The standard InChI is InChI=1S/C9H21Si.Li/c1-9(2)7-6-8-10(3,4)5;/h8-9H,6-7H2,1-5H3;/q-1;+1. The van der Waals surface area contributed by atoms with E-state index in [1.807, 2.05) is 0 Å². The van der Waals surface area contributed by atoms with Crippen molar-refractivity contribution in [1.29, 1.82) is 0 Å². The van der Waals surface area contributed by atoms with E-state index in [9.17, 15) is 0 Å². The van der Waals surface area contributed by atoms with Gasteiger partial charge in [0.25, 0.3) is 0 Å². The van der Waals surface area contributed by atoms with E-state index in [0.717, 1.165) is 5.92 Å². The summed E-state index contributed by atoms with van der Waals surface area (Å²) in [6.07, 6.45) is 2.69. The molecule has 0 radical (unpaired) electrons. The largest absolute Gasteiger partial charge is 1.00 e. The molecular formula is C9H21LiSi. The Morgan fingerprint density at radius 1 is 1.18 bits per heavy atom. The molecule has 0 unspecified atom stereocenters. The normalized spacial score (nSPS) is 11.5. The fraction of sp³-hybridized carbons (Fsp3) is 0.889. The van der Waals surface area contributed by atoms with Crippen molar-refractivity contribution in [3.05, 3.63) is 6.04 Å². The molecule has 0 nitrogen and oxygen atoms in total. The van der Waals surface area contributed by atoms with E-state index in [-0.39, 0.29) is 18.9 Å². The van der Waals surface area contributed by atoms with Crippen LogP contribution in [-0.2, 0) is 0 Å². The first kappa shape index (κ1) is 14.3. The molecule has 0 fully saturated rings. The van der Waals surface area contributed by atoms with E-state index in [1.165, 1.54) is 12.8 Å². The van der Waals surface area contributed by atoms with Gasteiger partial charge < -0.3 is 6.04 Å². The van der Waals surface area contributed by atoms with Crippen molar-refractivity contribution >= 4 is 8.07 Å². The third kappa shape index (κ3) is 13.8. The predicted molar refractivity (Wildman–Crippen MR) is 51.7 cm³/mol. The van der Waals surface area contributed by atoms with Crippen molar-refractivity contribution in [2.24, 2.45) is 5.92 Å². The van der Waals surface area contributed by atoms with E-state index >= 15 is 0 Å². The number of hydrogen-bond donors (Lipinski definition) is 0.